The van der Waals surface area contributed by atoms with Crippen molar-refractivity contribution in [3.8, 4) is 0 Å². The number of piperazine rings is 1. The Balaban J connectivity index is 1.77. The molecule has 27 heavy (non-hydrogen) atoms. The first-order valence-corrected chi connectivity index (χ1v) is 8.71. The fourth-order valence-electron chi connectivity index (χ4n) is 3.43. The molecule has 1 fully saturated rings. The van der Waals surface area contributed by atoms with Crippen LogP contribution in [0, 0.1) is 5.82 Å². The molecule has 1 aliphatic heterocycles. The number of fused-ring (bicyclic) bond motifs is 1. The van der Waals surface area contributed by atoms with Crippen molar-refractivity contribution in [2.45, 2.75) is 6.04 Å². The summed E-state index contributed by atoms with van der Waals surface area (Å²) in [6.07, 6.45) is 1.58. The smallest absolute Gasteiger partial charge is 0.257 e. The number of nitrogens with zero attached hydrogens (tertiary/aromatic N) is 3. The second-order valence-electron chi connectivity index (χ2n) is 6.60. The second kappa shape index (κ2) is 6.79. The average Bonchev–Trinajstić information content (AvgIpc) is 2.69. The molecule has 0 saturated carbocycles. The van der Waals surface area contributed by atoms with Gasteiger partial charge < -0.3 is 9.80 Å². The van der Waals surface area contributed by atoms with E-state index in [1.165, 1.54) is 17.0 Å². The first-order valence-electron chi connectivity index (χ1n) is 8.71. The normalized spacial score (nSPS) is 17.4. The highest BCUT2D eigenvalue weighted by Gasteiger charge is 2.38. The number of likely N-dealkylation sites (N-methyl/N-ethyl adjacent to an activating group) is 1. The molecule has 0 radical (unpaired) electrons. The number of hydrogen-bond donors (Lipinski definition) is 0. The Hall–Kier alpha value is -3.28. The Kier molecular flexibility index (Phi) is 4.32. The Morgan fingerprint density at radius 1 is 1.11 bits per heavy atom. The van der Waals surface area contributed by atoms with Crippen LogP contribution in [0.25, 0.3) is 10.9 Å². The molecule has 2 heterocycles. The van der Waals surface area contributed by atoms with Gasteiger partial charge in [-0.1, -0.05) is 36.4 Å². The zero-order valence-electron chi connectivity index (χ0n) is 14.8. The van der Waals surface area contributed by atoms with E-state index in [9.17, 15) is 14.0 Å². The van der Waals surface area contributed by atoms with Crippen molar-refractivity contribution in [3.05, 3.63) is 77.7 Å². The molecule has 2 aromatic carbocycles. The molecule has 0 aliphatic carbocycles. The number of pyridine rings is 1. The van der Waals surface area contributed by atoms with Gasteiger partial charge in [0.25, 0.3) is 5.91 Å². The van der Waals surface area contributed by atoms with Crippen molar-refractivity contribution in [3.63, 3.8) is 0 Å². The molecule has 1 saturated heterocycles. The number of aromatic nitrogens is 1. The van der Waals surface area contributed by atoms with E-state index in [2.05, 4.69) is 4.98 Å². The molecule has 5 nitrogen and oxygen atoms in total. The fraction of sp³-hybridized carbons (Fsp3) is 0.190. The SMILES string of the molecule is CN1CCN(C(=O)c2cc3cccnc3cc2F)C(c2ccccc2)C1=O. The Labute approximate surface area is 156 Å². The average molecular weight is 363 g/mol. The summed E-state index contributed by atoms with van der Waals surface area (Å²) in [5, 5.41) is 0.680. The van der Waals surface area contributed by atoms with Crippen LogP contribution in [-0.2, 0) is 4.79 Å². The van der Waals surface area contributed by atoms with Gasteiger partial charge in [0.1, 0.15) is 11.9 Å². The van der Waals surface area contributed by atoms with Crippen LogP contribution in [0.4, 0.5) is 4.39 Å². The zero-order valence-corrected chi connectivity index (χ0v) is 14.8. The van der Waals surface area contributed by atoms with Gasteiger partial charge in [-0.2, -0.15) is 0 Å². The minimum absolute atomic E-state index is 0.0474. The van der Waals surface area contributed by atoms with Crippen molar-refractivity contribution in [1.82, 2.24) is 14.8 Å². The summed E-state index contributed by atoms with van der Waals surface area (Å²) in [5.74, 6) is -1.30. The molecule has 0 spiro atoms. The number of halogens is 1. The molecule has 1 unspecified atom stereocenters. The van der Waals surface area contributed by atoms with Gasteiger partial charge in [-0.15, -0.1) is 0 Å². The van der Waals surface area contributed by atoms with E-state index in [-0.39, 0.29) is 11.5 Å². The van der Waals surface area contributed by atoms with Crippen molar-refractivity contribution >= 4 is 22.7 Å². The lowest BCUT2D eigenvalue weighted by Gasteiger charge is -2.39. The van der Waals surface area contributed by atoms with Crippen molar-refractivity contribution in [1.29, 1.82) is 0 Å². The monoisotopic (exact) mass is 363 g/mol. The number of carbonyl (C=O) groups excluding carboxylic acids is 2. The van der Waals surface area contributed by atoms with Gasteiger partial charge in [0.2, 0.25) is 5.91 Å². The van der Waals surface area contributed by atoms with Crippen LogP contribution < -0.4 is 0 Å². The molecule has 0 bridgehead atoms. The van der Waals surface area contributed by atoms with E-state index in [0.717, 1.165) is 0 Å². The predicted molar refractivity (Wildman–Crippen MR) is 99.6 cm³/mol. The maximum absolute atomic E-state index is 14.6. The highest BCUT2D eigenvalue weighted by atomic mass is 19.1. The third-order valence-electron chi connectivity index (χ3n) is 4.90. The molecule has 6 heteroatoms. The first-order chi connectivity index (χ1) is 13.1. The Morgan fingerprint density at radius 2 is 1.89 bits per heavy atom. The van der Waals surface area contributed by atoms with E-state index in [1.54, 1.807) is 30.3 Å². The lowest BCUT2D eigenvalue weighted by molar-refractivity contribution is -0.138. The first kappa shape index (κ1) is 17.1. The molecule has 0 N–H and O–H groups in total. The number of hydrogen-bond acceptors (Lipinski definition) is 3. The minimum atomic E-state index is -0.763. The summed E-state index contributed by atoms with van der Waals surface area (Å²) in [6.45, 7) is 0.746. The quantitative estimate of drug-likeness (QED) is 0.703. The van der Waals surface area contributed by atoms with Crippen LogP contribution >= 0.6 is 0 Å². The molecule has 4 rings (SSSR count). The molecular weight excluding hydrogens is 345 g/mol. The lowest BCUT2D eigenvalue weighted by atomic mass is 10.00. The molecule has 136 valence electrons. The molecule has 1 aliphatic rings. The fourth-order valence-corrected chi connectivity index (χ4v) is 3.43. The third-order valence-corrected chi connectivity index (χ3v) is 4.90. The summed E-state index contributed by atoms with van der Waals surface area (Å²) < 4.78 is 14.6. The Bertz CT molecular complexity index is 1020. The van der Waals surface area contributed by atoms with Crippen LogP contribution in [0.1, 0.15) is 22.0 Å². The highest BCUT2D eigenvalue weighted by molar-refractivity contribution is 6.01. The van der Waals surface area contributed by atoms with Gasteiger partial charge in [-0.3, -0.25) is 14.6 Å². The number of benzene rings is 2. The molecular formula is C21H18FN3O2. The van der Waals surface area contributed by atoms with Gasteiger partial charge in [0, 0.05) is 37.8 Å². The molecule has 1 aromatic heterocycles. The van der Waals surface area contributed by atoms with Crippen molar-refractivity contribution in [2.24, 2.45) is 0 Å². The van der Waals surface area contributed by atoms with Crippen molar-refractivity contribution in [2.75, 3.05) is 20.1 Å². The van der Waals surface area contributed by atoms with Crippen LogP contribution in [-0.4, -0.2) is 46.7 Å². The summed E-state index contributed by atoms with van der Waals surface area (Å²) in [6, 6.07) is 14.6. The summed E-state index contributed by atoms with van der Waals surface area (Å²) in [4.78, 5) is 33.2. The number of amides is 2. The van der Waals surface area contributed by atoms with Gasteiger partial charge in [-0.25, -0.2) is 4.39 Å². The van der Waals surface area contributed by atoms with Gasteiger partial charge in [0.05, 0.1) is 11.1 Å². The van der Waals surface area contributed by atoms with Gasteiger partial charge >= 0.3 is 0 Å². The molecule has 2 amide bonds. The van der Waals surface area contributed by atoms with Gasteiger partial charge in [0.15, 0.2) is 0 Å². The zero-order chi connectivity index (χ0) is 19.0. The maximum atomic E-state index is 14.6. The standard InChI is InChI=1S/C21H18FN3O2/c1-24-10-11-25(19(21(24)27)14-6-3-2-4-7-14)20(26)16-12-15-8-5-9-23-18(15)13-17(16)22/h2-9,12-13,19H,10-11H2,1H3. The number of carbonyl (C=O) groups is 2. The highest BCUT2D eigenvalue weighted by Crippen LogP contribution is 2.29. The van der Waals surface area contributed by atoms with Crippen LogP contribution in [0.15, 0.2) is 60.8 Å². The third kappa shape index (κ3) is 3.03. The van der Waals surface area contributed by atoms with E-state index in [0.29, 0.717) is 29.6 Å². The number of rotatable bonds is 2. The largest absolute Gasteiger partial charge is 0.342 e. The van der Waals surface area contributed by atoms with Crippen molar-refractivity contribution < 1.29 is 14.0 Å². The Morgan fingerprint density at radius 3 is 2.67 bits per heavy atom. The van der Waals surface area contributed by atoms with Crippen LogP contribution in [0.5, 0.6) is 0 Å². The van der Waals surface area contributed by atoms with E-state index < -0.39 is 17.8 Å². The second-order valence-corrected chi connectivity index (χ2v) is 6.60. The summed E-state index contributed by atoms with van der Waals surface area (Å²) in [5.41, 5.74) is 1.15. The van der Waals surface area contributed by atoms with E-state index in [4.69, 9.17) is 0 Å². The summed E-state index contributed by atoms with van der Waals surface area (Å²) in [7, 11) is 1.71. The van der Waals surface area contributed by atoms with E-state index in [1.807, 2.05) is 30.3 Å². The summed E-state index contributed by atoms with van der Waals surface area (Å²) >= 11 is 0. The van der Waals surface area contributed by atoms with Gasteiger partial charge in [-0.05, 0) is 17.7 Å². The van der Waals surface area contributed by atoms with Crippen LogP contribution in [0.3, 0.4) is 0 Å². The lowest BCUT2D eigenvalue weighted by Crippen LogP contribution is -2.52. The molecule has 3 aromatic rings. The van der Waals surface area contributed by atoms with E-state index >= 15 is 0 Å². The minimum Gasteiger partial charge on any atom is -0.342 e. The van der Waals surface area contributed by atoms with Crippen LogP contribution in [0.2, 0.25) is 0 Å². The molecule has 1 atom stereocenters. The topological polar surface area (TPSA) is 53.5 Å². The maximum Gasteiger partial charge on any atom is 0.257 e. The predicted octanol–water partition coefficient (Wildman–Crippen LogP) is 3.03.